The van der Waals surface area contributed by atoms with Crippen LogP contribution in [0.2, 0.25) is 0 Å². The molecule has 0 saturated carbocycles. The Labute approximate surface area is 182 Å². The van der Waals surface area contributed by atoms with E-state index < -0.39 is 12.0 Å². The second kappa shape index (κ2) is 8.26. The number of amides is 1. The Balaban J connectivity index is 1.78. The summed E-state index contributed by atoms with van der Waals surface area (Å²) in [6.45, 7) is 8.94. The molecule has 2 aliphatic heterocycles. The van der Waals surface area contributed by atoms with E-state index in [1.54, 1.807) is 6.07 Å². The molecule has 8 nitrogen and oxygen atoms in total. The molecule has 0 fully saturated rings. The summed E-state index contributed by atoms with van der Waals surface area (Å²) in [5, 5.41) is 27.9. The van der Waals surface area contributed by atoms with Gasteiger partial charge in [0.2, 0.25) is 0 Å². The number of oxime groups is 1. The van der Waals surface area contributed by atoms with E-state index in [-0.39, 0.29) is 23.3 Å². The lowest BCUT2D eigenvalue weighted by molar-refractivity contribution is -0.114. The molecule has 0 spiro atoms. The molecule has 4 rings (SSSR count). The maximum absolute atomic E-state index is 12.8. The van der Waals surface area contributed by atoms with Gasteiger partial charge in [-0.2, -0.15) is 0 Å². The van der Waals surface area contributed by atoms with Gasteiger partial charge in [-0.3, -0.25) is 9.69 Å². The van der Waals surface area contributed by atoms with Crippen LogP contribution in [-0.4, -0.2) is 51.4 Å². The van der Waals surface area contributed by atoms with Gasteiger partial charge in [-0.05, 0) is 43.1 Å². The van der Waals surface area contributed by atoms with Crippen molar-refractivity contribution in [3.8, 4) is 11.5 Å². The molecule has 3 N–H and O–H groups in total. The summed E-state index contributed by atoms with van der Waals surface area (Å²) in [5.41, 5.74) is 3.61. The van der Waals surface area contributed by atoms with Crippen molar-refractivity contribution >= 4 is 11.6 Å². The number of carbonyl (C=O) groups is 1. The molecule has 8 heteroatoms. The normalized spacial score (nSPS) is 21.0. The maximum atomic E-state index is 12.8. The maximum Gasteiger partial charge on any atom is 0.269 e. The summed E-state index contributed by atoms with van der Waals surface area (Å²) in [5.74, 6) is -0.727. The zero-order chi connectivity index (χ0) is 22.3. The number of nitrogens with zero attached hydrogens (tertiary/aromatic N) is 3. The molecule has 1 amide bonds. The Hall–Kier alpha value is -3.00. The van der Waals surface area contributed by atoms with E-state index in [4.69, 9.17) is 4.84 Å². The number of phenolic OH excluding ortho intramolecular Hbond substituents is 2. The van der Waals surface area contributed by atoms with Gasteiger partial charge in [0.25, 0.3) is 5.91 Å². The number of rotatable bonds is 5. The molecule has 0 aliphatic carbocycles. The predicted molar refractivity (Wildman–Crippen MR) is 117 cm³/mol. The summed E-state index contributed by atoms with van der Waals surface area (Å²) in [6, 6.07) is 5.19. The molecule has 31 heavy (non-hydrogen) atoms. The molecular formula is C23H30N4O4. The molecule has 0 radical (unpaired) electrons. The summed E-state index contributed by atoms with van der Waals surface area (Å²) >= 11 is 0. The minimum absolute atomic E-state index is 0.0398. The Bertz CT molecular complexity index is 1030. The zero-order valence-electron chi connectivity index (χ0n) is 18.4. The number of carbonyl (C=O) groups excluding carboxylic acids is 1. The fourth-order valence-electron chi connectivity index (χ4n) is 4.40. The topological polar surface area (TPSA) is 99.3 Å². The standard InChI is InChI=1S/C23H30N4O4/c1-5-24-23(30)21-20(14-8-15-12-26(4)6-7-27(15)11-14)22(31-25-21)17-9-16(13(2)3)18(28)10-19(17)29/h8-11,13,20,22,28-29H,5-7,12H2,1-4H3,(H,24,30). The Morgan fingerprint density at radius 2 is 2.03 bits per heavy atom. The average molecular weight is 427 g/mol. The van der Waals surface area contributed by atoms with E-state index in [9.17, 15) is 15.0 Å². The number of likely N-dealkylation sites (N-methyl/N-ethyl adjacent to an activating group) is 1. The number of aromatic nitrogens is 1. The van der Waals surface area contributed by atoms with Crippen LogP contribution in [0.1, 0.15) is 61.1 Å². The van der Waals surface area contributed by atoms with Crippen molar-refractivity contribution in [2.75, 3.05) is 20.1 Å². The minimum atomic E-state index is -0.669. The van der Waals surface area contributed by atoms with Crippen LogP contribution in [0.25, 0.3) is 0 Å². The second-order valence-electron chi connectivity index (χ2n) is 8.66. The lowest BCUT2D eigenvalue weighted by Gasteiger charge is -2.24. The Kier molecular flexibility index (Phi) is 5.66. The van der Waals surface area contributed by atoms with Gasteiger partial charge in [0.05, 0.1) is 5.92 Å². The first-order valence-corrected chi connectivity index (χ1v) is 10.7. The minimum Gasteiger partial charge on any atom is -0.508 e. The Morgan fingerprint density at radius 1 is 1.26 bits per heavy atom. The van der Waals surface area contributed by atoms with Crippen LogP contribution < -0.4 is 5.32 Å². The number of phenols is 2. The van der Waals surface area contributed by atoms with Crippen LogP contribution in [0, 0.1) is 0 Å². The van der Waals surface area contributed by atoms with Gasteiger partial charge in [-0.1, -0.05) is 19.0 Å². The van der Waals surface area contributed by atoms with Crippen molar-refractivity contribution in [3.63, 3.8) is 0 Å². The van der Waals surface area contributed by atoms with Crippen LogP contribution in [0.15, 0.2) is 29.6 Å². The van der Waals surface area contributed by atoms with E-state index in [1.807, 2.05) is 20.8 Å². The molecule has 1 aromatic carbocycles. The molecule has 0 bridgehead atoms. The second-order valence-corrected chi connectivity index (χ2v) is 8.66. The predicted octanol–water partition coefficient (Wildman–Crippen LogP) is 2.82. The van der Waals surface area contributed by atoms with Crippen molar-refractivity contribution in [1.82, 2.24) is 14.8 Å². The van der Waals surface area contributed by atoms with Crippen molar-refractivity contribution in [3.05, 3.63) is 46.8 Å². The van der Waals surface area contributed by atoms with Gasteiger partial charge in [0.15, 0.2) is 11.8 Å². The first kappa shape index (κ1) is 21.2. The molecule has 2 atom stereocenters. The molecule has 2 aliphatic rings. The van der Waals surface area contributed by atoms with Crippen molar-refractivity contribution in [2.45, 2.75) is 51.8 Å². The number of benzene rings is 1. The molecule has 3 heterocycles. The summed E-state index contributed by atoms with van der Waals surface area (Å²) < 4.78 is 2.20. The summed E-state index contributed by atoms with van der Waals surface area (Å²) in [7, 11) is 2.08. The van der Waals surface area contributed by atoms with Crippen molar-refractivity contribution in [1.29, 1.82) is 0 Å². The highest BCUT2D eigenvalue weighted by atomic mass is 16.6. The summed E-state index contributed by atoms with van der Waals surface area (Å²) in [4.78, 5) is 20.8. The van der Waals surface area contributed by atoms with Crippen molar-refractivity contribution < 1.29 is 19.8 Å². The third kappa shape index (κ3) is 3.87. The van der Waals surface area contributed by atoms with Gasteiger partial charge in [-0.25, -0.2) is 0 Å². The van der Waals surface area contributed by atoms with Crippen LogP contribution in [-0.2, 0) is 22.7 Å². The third-order valence-corrected chi connectivity index (χ3v) is 6.06. The van der Waals surface area contributed by atoms with Gasteiger partial charge < -0.3 is 24.9 Å². The van der Waals surface area contributed by atoms with Crippen LogP contribution in [0.4, 0.5) is 0 Å². The highest BCUT2D eigenvalue weighted by molar-refractivity contribution is 6.41. The number of nitrogens with one attached hydrogen (secondary N) is 1. The van der Waals surface area contributed by atoms with Gasteiger partial charge in [0, 0.05) is 49.7 Å². The van der Waals surface area contributed by atoms with Crippen LogP contribution in [0.5, 0.6) is 11.5 Å². The monoisotopic (exact) mass is 426 g/mol. The fraction of sp³-hybridized carbons (Fsp3) is 0.478. The fourth-order valence-corrected chi connectivity index (χ4v) is 4.40. The SMILES string of the molecule is CCNC(=O)C1=NOC(c2cc(C(C)C)c(O)cc2O)C1c1cc2n(c1)CCN(C)C2. The molecule has 2 unspecified atom stereocenters. The van der Waals surface area contributed by atoms with Gasteiger partial charge in [0.1, 0.15) is 11.5 Å². The third-order valence-electron chi connectivity index (χ3n) is 6.06. The molecule has 166 valence electrons. The van der Waals surface area contributed by atoms with E-state index in [0.29, 0.717) is 23.4 Å². The first-order valence-electron chi connectivity index (χ1n) is 10.7. The Morgan fingerprint density at radius 3 is 2.74 bits per heavy atom. The van der Waals surface area contributed by atoms with Crippen LogP contribution >= 0.6 is 0 Å². The number of aromatic hydroxyl groups is 2. The molecule has 1 aromatic heterocycles. The van der Waals surface area contributed by atoms with E-state index >= 15 is 0 Å². The summed E-state index contributed by atoms with van der Waals surface area (Å²) in [6.07, 6.45) is 1.39. The van der Waals surface area contributed by atoms with Crippen molar-refractivity contribution in [2.24, 2.45) is 5.16 Å². The molecule has 0 saturated heterocycles. The van der Waals surface area contributed by atoms with Crippen LogP contribution in [0.3, 0.4) is 0 Å². The largest absolute Gasteiger partial charge is 0.508 e. The average Bonchev–Trinajstić information content (AvgIpc) is 3.31. The van der Waals surface area contributed by atoms with Gasteiger partial charge >= 0.3 is 0 Å². The number of hydrogen-bond donors (Lipinski definition) is 3. The number of fused-ring (bicyclic) bond motifs is 1. The van der Waals surface area contributed by atoms with E-state index in [2.05, 4.69) is 39.3 Å². The van der Waals surface area contributed by atoms with E-state index in [0.717, 1.165) is 25.2 Å². The van der Waals surface area contributed by atoms with E-state index in [1.165, 1.54) is 11.8 Å². The highest BCUT2D eigenvalue weighted by Crippen LogP contribution is 2.46. The highest BCUT2D eigenvalue weighted by Gasteiger charge is 2.42. The quantitative estimate of drug-likeness (QED) is 0.683. The lowest BCUT2D eigenvalue weighted by atomic mass is 9.85. The smallest absolute Gasteiger partial charge is 0.269 e. The zero-order valence-corrected chi connectivity index (χ0v) is 18.4. The lowest BCUT2D eigenvalue weighted by Crippen LogP contribution is -2.34. The first-order chi connectivity index (χ1) is 14.8. The molecular weight excluding hydrogens is 396 g/mol. The van der Waals surface area contributed by atoms with Gasteiger partial charge in [-0.15, -0.1) is 0 Å². The number of hydrogen-bond acceptors (Lipinski definition) is 6. The molecule has 2 aromatic rings.